The predicted molar refractivity (Wildman–Crippen MR) is 35.2 cm³/mol. The van der Waals surface area contributed by atoms with Crippen molar-refractivity contribution in [3.63, 3.8) is 0 Å². The molecular formula is C6H13NO3. The second kappa shape index (κ2) is 2.84. The average Bonchev–Trinajstić information content (AvgIpc) is 1.96. The fourth-order valence-corrected chi connectivity index (χ4v) is 1.09. The molecule has 1 aliphatic rings. The van der Waals surface area contributed by atoms with Crippen LogP contribution in [0.1, 0.15) is 13.3 Å². The highest BCUT2D eigenvalue weighted by atomic mass is 16.6. The summed E-state index contributed by atoms with van der Waals surface area (Å²) in [6.45, 7) is 1.83. The van der Waals surface area contributed by atoms with Crippen LogP contribution in [-0.2, 0) is 4.74 Å². The van der Waals surface area contributed by atoms with Crippen molar-refractivity contribution in [1.29, 1.82) is 1.43 Å². The molecular weight excluding hydrogens is 134 g/mol. The Kier molecular flexibility index (Phi) is 1.86. The molecule has 4 atom stereocenters. The molecule has 4 N–H and O–H groups in total. The van der Waals surface area contributed by atoms with Crippen molar-refractivity contribution in [1.82, 2.24) is 0 Å². The molecule has 4 heteroatoms. The lowest BCUT2D eigenvalue weighted by atomic mass is 10.0. The van der Waals surface area contributed by atoms with E-state index < -0.39 is 12.4 Å². The molecule has 4 unspecified atom stereocenters. The zero-order valence-corrected chi connectivity index (χ0v) is 5.86. The van der Waals surface area contributed by atoms with Crippen LogP contribution >= 0.6 is 0 Å². The van der Waals surface area contributed by atoms with Gasteiger partial charge in [0.1, 0.15) is 6.10 Å². The van der Waals surface area contributed by atoms with E-state index in [0.29, 0.717) is 6.42 Å². The normalized spacial score (nSPS) is 50.5. The van der Waals surface area contributed by atoms with Crippen LogP contribution in [0.15, 0.2) is 0 Å². The SMILES string of the molecule is [3H]OC1OC(C)CC(N)C1O. The van der Waals surface area contributed by atoms with Crippen molar-refractivity contribution in [3.8, 4) is 0 Å². The molecule has 0 aliphatic carbocycles. The van der Waals surface area contributed by atoms with Crippen molar-refractivity contribution < 1.29 is 15.0 Å². The van der Waals surface area contributed by atoms with Gasteiger partial charge in [-0.05, 0) is 13.3 Å². The minimum atomic E-state index is -0.895. The summed E-state index contributed by atoms with van der Waals surface area (Å²) in [7, 11) is 0. The van der Waals surface area contributed by atoms with E-state index in [-0.39, 0.29) is 12.1 Å². The zero-order chi connectivity index (χ0) is 8.43. The van der Waals surface area contributed by atoms with Crippen LogP contribution in [0.5, 0.6) is 0 Å². The summed E-state index contributed by atoms with van der Waals surface area (Å²) in [5.74, 6) is 0. The number of nitrogens with two attached hydrogens (primary N) is 1. The van der Waals surface area contributed by atoms with E-state index in [1.807, 2.05) is 6.92 Å². The Morgan fingerprint density at radius 3 is 3.10 bits per heavy atom. The molecule has 0 radical (unpaired) electrons. The monoisotopic (exact) mass is 149 g/mol. The molecule has 1 heterocycles. The fraction of sp³-hybridized carbons (Fsp3) is 1.00. The summed E-state index contributed by atoms with van der Waals surface area (Å²) < 4.78 is 11.6. The maximum Gasteiger partial charge on any atom is 0.213 e. The number of aliphatic hydroxyl groups excluding tert-OH is 2. The van der Waals surface area contributed by atoms with Crippen LogP contribution in [0.2, 0.25) is 0 Å². The van der Waals surface area contributed by atoms with Gasteiger partial charge in [0.05, 0.1) is 6.10 Å². The second-order valence-corrected chi connectivity index (χ2v) is 2.71. The highest BCUT2D eigenvalue weighted by Gasteiger charge is 2.32. The predicted octanol–water partition coefficient (Wildman–Crippen LogP) is -1.20. The third-order valence-electron chi connectivity index (χ3n) is 1.69. The van der Waals surface area contributed by atoms with Gasteiger partial charge in [-0.3, -0.25) is 0 Å². The van der Waals surface area contributed by atoms with E-state index in [0.717, 1.165) is 0 Å². The van der Waals surface area contributed by atoms with Gasteiger partial charge in [-0.15, -0.1) is 0 Å². The smallest absolute Gasteiger partial charge is 0.213 e. The molecule has 10 heavy (non-hydrogen) atoms. The van der Waals surface area contributed by atoms with Crippen molar-refractivity contribution in [3.05, 3.63) is 0 Å². The molecule has 0 aromatic heterocycles. The summed E-state index contributed by atoms with van der Waals surface area (Å²) >= 11 is 0. The Morgan fingerprint density at radius 1 is 1.80 bits per heavy atom. The number of ether oxygens (including phenoxy) is 1. The van der Waals surface area contributed by atoms with Gasteiger partial charge >= 0.3 is 0 Å². The van der Waals surface area contributed by atoms with Gasteiger partial charge in [-0.2, -0.15) is 0 Å². The highest BCUT2D eigenvalue weighted by Crippen LogP contribution is 2.16. The molecule has 0 aromatic carbocycles. The summed E-state index contributed by atoms with van der Waals surface area (Å²) in [4.78, 5) is 0. The van der Waals surface area contributed by atoms with E-state index in [1.165, 1.54) is 0 Å². The maximum atomic E-state index is 9.26. The first-order chi connectivity index (χ1) is 5.15. The Labute approximate surface area is 61.1 Å². The van der Waals surface area contributed by atoms with E-state index in [4.69, 9.17) is 11.9 Å². The Hall–Kier alpha value is -0.160. The van der Waals surface area contributed by atoms with Crippen LogP contribution < -0.4 is 5.73 Å². The van der Waals surface area contributed by atoms with Crippen molar-refractivity contribution in [2.75, 3.05) is 0 Å². The van der Waals surface area contributed by atoms with Gasteiger partial charge in [-0.25, -0.2) is 0 Å². The Bertz CT molecular complexity index is 135. The van der Waals surface area contributed by atoms with Crippen LogP contribution in [0.4, 0.5) is 0 Å². The van der Waals surface area contributed by atoms with E-state index in [1.54, 1.807) is 0 Å². The summed E-state index contributed by atoms with van der Waals surface area (Å²) in [5.41, 5.74) is 5.54. The molecule has 1 aliphatic heterocycles. The zero-order valence-electron chi connectivity index (χ0n) is 6.86. The summed E-state index contributed by atoms with van der Waals surface area (Å²) in [6.07, 6.45) is -1.23. The fourth-order valence-electron chi connectivity index (χ4n) is 1.09. The molecule has 60 valence electrons. The molecule has 0 amide bonds. The first-order valence-corrected chi connectivity index (χ1v) is 3.36. The third-order valence-corrected chi connectivity index (χ3v) is 1.69. The van der Waals surface area contributed by atoms with Crippen molar-refractivity contribution in [2.24, 2.45) is 5.73 Å². The first kappa shape index (κ1) is 6.54. The number of hydrogen-bond acceptors (Lipinski definition) is 4. The van der Waals surface area contributed by atoms with Gasteiger partial charge in [0.2, 0.25) is 1.43 Å². The van der Waals surface area contributed by atoms with E-state index in [2.05, 4.69) is 5.11 Å². The van der Waals surface area contributed by atoms with Gasteiger partial charge in [0, 0.05) is 6.04 Å². The largest absolute Gasteiger partial charge is 0.386 e. The molecule has 0 bridgehead atoms. The van der Waals surface area contributed by atoms with Crippen molar-refractivity contribution >= 4 is 0 Å². The Morgan fingerprint density at radius 2 is 2.50 bits per heavy atom. The lowest BCUT2D eigenvalue weighted by Gasteiger charge is -2.33. The molecule has 1 rings (SSSR count). The van der Waals surface area contributed by atoms with Gasteiger partial charge in [0.25, 0.3) is 0 Å². The van der Waals surface area contributed by atoms with Gasteiger partial charge in [0.15, 0.2) is 6.29 Å². The van der Waals surface area contributed by atoms with Crippen molar-refractivity contribution in [2.45, 2.75) is 37.9 Å². The van der Waals surface area contributed by atoms with E-state index in [9.17, 15) is 5.11 Å². The number of hydrogen-bond donors (Lipinski definition) is 3. The van der Waals surface area contributed by atoms with E-state index >= 15 is 0 Å². The third kappa shape index (κ3) is 1.46. The summed E-state index contributed by atoms with van der Waals surface area (Å²) in [6, 6.07) is -0.353. The lowest BCUT2D eigenvalue weighted by molar-refractivity contribution is -0.216. The first-order valence-electron chi connectivity index (χ1n) is 3.77. The van der Waals surface area contributed by atoms with Crippen LogP contribution in [0.25, 0.3) is 0 Å². The van der Waals surface area contributed by atoms with Gasteiger partial charge in [-0.1, -0.05) is 0 Å². The molecule has 0 aromatic rings. The minimum Gasteiger partial charge on any atom is -0.386 e. The molecule has 0 saturated carbocycles. The van der Waals surface area contributed by atoms with Gasteiger partial charge < -0.3 is 20.7 Å². The number of rotatable bonds is 1. The number of aliphatic hydroxyl groups is 2. The molecule has 1 fully saturated rings. The standard InChI is InChI=1S/C6H13NO3/c1-3-2-4(7)5(8)6(9)10-3/h3-6,8-9H,2,7H2,1H3/i9T. The minimum absolute atomic E-state index is 0.0521. The van der Waals surface area contributed by atoms with Crippen LogP contribution in [-0.4, -0.2) is 36.2 Å². The highest BCUT2D eigenvalue weighted by molar-refractivity contribution is 4.81. The van der Waals surface area contributed by atoms with Crippen LogP contribution in [0.3, 0.4) is 0 Å². The molecule has 1 saturated heterocycles. The van der Waals surface area contributed by atoms with Crippen LogP contribution in [0, 0.1) is 0 Å². The topological polar surface area (TPSA) is 75.7 Å². The lowest BCUT2D eigenvalue weighted by Crippen LogP contribution is -2.51. The summed E-state index contributed by atoms with van der Waals surface area (Å²) in [5, 5.41) is 13.4. The second-order valence-electron chi connectivity index (χ2n) is 2.71. The average molecular weight is 149 g/mol. The molecule has 0 spiro atoms. The molecule has 4 nitrogen and oxygen atoms in total. The quantitative estimate of drug-likeness (QED) is 0.438. The Balaban J connectivity index is 2.51. The maximum absolute atomic E-state index is 9.26.